The van der Waals surface area contributed by atoms with E-state index in [9.17, 15) is 4.79 Å². The summed E-state index contributed by atoms with van der Waals surface area (Å²) in [6, 6.07) is 8.72. The molecule has 5 nitrogen and oxygen atoms in total. The van der Waals surface area contributed by atoms with E-state index in [2.05, 4.69) is 46.3 Å². The van der Waals surface area contributed by atoms with Crippen LogP contribution in [0.1, 0.15) is 24.8 Å². The standard InChI is InChI=1S/C18H30N4O.3ClH/c1-16-5-2-6-17(15-16)22-13-11-21(12-14-22)10-4-9-20-18(23)7-3-8-19;;;/h2,5-6,15H,3-4,7-14,19H2,1H3,(H,20,23);3*1H. The molecular formula is C18H33Cl3N4O. The zero-order valence-electron chi connectivity index (χ0n) is 15.5. The fourth-order valence-electron chi connectivity index (χ4n) is 2.94. The Kier molecular flexibility index (Phi) is 16.2. The molecule has 26 heavy (non-hydrogen) atoms. The third-order valence-electron chi connectivity index (χ3n) is 4.32. The van der Waals surface area contributed by atoms with Crippen molar-refractivity contribution in [2.24, 2.45) is 5.73 Å². The Hall–Kier alpha value is -0.720. The highest BCUT2D eigenvalue weighted by Gasteiger charge is 2.16. The number of amides is 1. The zero-order chi connectivity index (χ0) is 16.5. The van der Waals surface area contributed by atoms with Gasteiger partial charge in [0.2, 0.25) is 5.91 Å². The highest BCUT2D eigenvalue weighted by Crippen LogP contribution is 2.17. The summed E-state index contributed by atoms with van der Waals surface area (Å²) in [6.07, 6.45) is 2.33. The van der Waals surface area contributed by atoms with Crippen LogP contribution in [0.2, 0.25) is 0 Å². The van der Waals surface area contributed by atoms with E-state index in [1.54, 1.807) is 0 Å². The fourth-order valence-corrected chi connectivity index (χ4v) is 2.94. The summed E-state index contributed by atoms with van der Waals surface area (Å²) in [5.74, 6) is 0.125. The number of nitrogens with two attached hydrogens (primary N) is 1. The van der Waals surface area contributed by atoms with Crippen LogP contribution in [0.15, 0.2) is 24.3 Å². The molecule has 0 aliphatic carbocycles. The van der Waals surface area contributed by atoms with E-state index in [1.165, 1.54) is 11.3 Å². The van der Waals surface area contributed by atoms with Gasteiger partial charge in [0.25, 0.3) is 0 Å². The lowest BCUT2D eigenvalue weighted by Crippen LogP contribution is -2.47. The van der Waals surface area contributed by atoms with Gasteiger partial charge in [-0.25, -0.2) is 0 Å². The van der Waals surface area contributed by atoms with Crippen molar-refractivity contribution in [3.05, 3.63) is 29.8 Å². The molecule has 1 aromatic carbocycles. The minimum Gasteiger partial charge on any atom is -0.369 e. The summed E-state index contributed by atoms with van der Waals surface area (Å²) in [7, 11) is 0. The van der Waals surface area contributed by atoms with Gasteiger partial charge < -0.3 is 16.0 Å². The minimum absolute atomic E-state index is 0. The number of nitrogens with one attached hydrogen (secondary N) is 1. The fraction of sp³-hybridized carbons (Fsp3) is 0.611. The summed E-state index contributed by atoms with van der Waals surface area (Å²) in [5.41, 5.74) is 8.05. The number of hydrogen-bond donors (Lipinski definition) is 2. The Morgan fingerprint density at radius 3 is 2.42 bits per heavy atom. The maximum Gasteiger partial charge on any atom is 0.220 e. The second-order valence-electron chi connectivity index (χ2n) is 6.26. The van der Waals surface area contributed by atoms with Crippen LogP contribution in [-0.4, -0.2) is 56.6 Å². The highest BCUT2D eigenvalue weighted by molar-refractivity contribution is 5.86. The number of hydrogen-bond acceptors (Lipinski definition) is 4. The smallest absolute Gasteiger partial charge is 0.220 e. The molecule has 1 amide bonds. The Balaban J connectivity index is 0. The molecule has 2 rings (SSSR count). The van der Waals surface area contributed by atoms with E-state index in [-0.39, 0.29) is 43.1 Å². The SMILES string of the molecule is Cc1cccc(N2CCN(CCCNC(=O)CCCN)CC2)c1.Cl.Cl.Cl. The Morgan fingerprint density at radius 2 is 1.81 bits per heavy atom. The van der Waals surface area contributed by atoms with Gasteiger partial charge in [0.15, 0.2) is 0 Å². The van der Waals surface area contributed by atoms with Crippen LogP contribution < -0.4 is 16.0 Å². The first-order valence-corrected chi connectivity index (χ1v) is 8.70. The number of benzene rings is 1. The van der Waals surface area contributed by atoms with Crippen molar-refractivity contribution >= 4 is 48.8 Å². The molecule has 0 aromatic heterocycles. The summed E-state index contributed by atoms with van der Waals surface area (Å²) in [4.78, 5) is 16.4. The van der Waals surface area contributed by atoms with E-state index in [0.717, 1.165) is 52.1 Å². The van der Waals surface area contributed by atoms with Crippen LogP contribution in [0.5, 0.6) is 0 Å². The molecule has 1 fully saturated rings. The molecule has 1 aliphatic rings. The van der Waals surface area contributed by atoms with Gasteiger partial charge in [-0.15, -0.1) is 37.2 Å². The van der Waals surface area contributed by atoms with Crippen LogP contribution in [0.25, 0.3) is 0 Å². The van der Waals surface area contributed by atoms with Crippen LogP contribution in [-0.2, 0) is 4.79 Å². The summed E-state index contributed by atoms with van der Waals surface area (Å²) in [5, 5.41) is 2.97. The van der Waals surface area contributed by atoms with Gasteiger partial charge in [-0.05, 0) is 50.6 Å². The quantitative estimate of drug-likeness (QED) is 0.626. The number of nitrogens with zero attached hydrogens (tertiary/aromatic N) is 2. The van der Waals surface area contributed by atoms with Crippen LogP contribution >= 0.6 is 37.2 Å². The molecule has 0 unspecified atom stereocenters. The molecule has 1 aromatic rings. The molecular weight excluding hydrogens is 395 g/mol. The topological polar surface area (TPSA) is 61.6 Å². The second kappa shape index (κ2) is 15.3. The van der Waals surface area contributed by atoms with Gasteiger partial charge in [-0.1, -0.05) is 12.1 Å². The second-order valence-corrected chi connectivity index (χ2v) is 6.26. The summed E-state index contributed by atoms with van der Waals surface area (Å²) >= 11 is 0. The first-order valence-electron chi connectivity index (χ1n) is 8.70. The number of carbonyl (C=O) groups excluding carboxylic acids is 1. The monoisotopic (exact) mass is 426 g/mol. The number of rotatable bonds is 8. The predicted octanol–water partition coefficient (Wildman–Crippen LogP) is 2.63. The first kappa shape index (κ1) is 27.5. The summed E-state index contributed by atoms with van der Waals surface area (Å²) in [6.45, 7) is 8.88. The van der Waals surface area contributed by atoms with E-state index in [1.807, 2.05) is 0 Å². The molecule has 0 saturated carbocycles. The molecule has 1 heterocycles. The third-order valence-corrected chi connectivity index (χ3v) is 4.32. The molecule has 3 N–H and O–H groups in total. The predicted molar refractivity (Wildman–Crippen MR) is 117 cm³/mol. The van der Waals surface area contributed by atoms with Crippen molar-refractivity contribution in [2.75, 3.05) is 50.7 Å². The molecule has 0 atom stereocenters. The van der Waals surface area contributed by atoms with E-state index < -0.39 is 0 Å². The lowest BCUT2D eigenvalue weighted by molar-refractivity contribution is -0.121. The molecule has 0 radical (unpaired) electrons. The van der Waals surface area contributed by atoms with Gasteiger partial charge >= 0.3 is 0 Å². The summed E-state index contributed by atoms with van der Waals surface area (Å²) < 4.78 is 0. The van der Waals surface area contributed by atoms with Crippen molar-refractivity contribution < 1.29 is 4.79 Å². The van der Waals surface area contributed by atoms with Crippen molar-refractivity contribution in [3.63, 3.8) is 0 Å². The van der Waals surface area contributed by atoms with Gasteiger partial charge in [0.05, 0.1) is 0 Å². The Bertz CT molecular complexity index is 497. The van der Waals surface area contributed by atoms with E-state index >= 15 is 0 Å². The molecule has 1 saturated heterocycles. The zero-order valence-corrected chi connectivity index (χ0v) is 17.9. The number of halogens is 3. The Labute approximate surface area is 176 Å². The minimum atomic E-state index is 0. The van der Waals surface area contributed by atoms with Crippen molar-refractivity contribution in [1.29, 1.82) is 0 Å². The van der Waals surface area contributed by atoms with Crippen LogP contribution in [0, 0.1) is 6.92 Å². The van der Waals surface area contributed by atoms with Crippen LogP contribution in [0.4, 0.5) is 5.69 Å². The normalized spacial score (nSPS) is 13.8. The molecule has 1 aliphatic heterocycles. The van der Waals surface area contributed by atoms with Gasteiger partial charge in [-0.2, -0.15) is 0 Å². The van der Waals surface area contributed by atoms with Gasteiger partial charge in [0.1, 0.15) is 0 Å². The van der Waals surface area contributed by atoms with Crippen molar-refractivity contribution in [3.8, 4) is 0 Å². The molecule has 8 heteroatoms. The first-order chi connectivity index (χ1) is 11.2. The lowest BCUT2D eigenvalue weighted by Gasteiger charge is -2.36. The number of anilines is 1. The largest absolute Gasteiger partial charge is 0.369 e. The number of aryl methyl sites for hydroxylation is 1. The maximum absolute atomic E-state index is 11.5. The van der Waals surface area contributed by atoms with E-state index in [4.69, 9.17) is 5.73 Å². The molecule has 152 valence electrons. The van der Waals surface area contributed by atoms with Crippen molar-refractivity contribution in [1.82, 2.24) is 10.2 Å². The average Bonchev–Trinajstić information content (AvgIpc) is 2.57. The van der Waals surface area contributed by atoms with Gasteiger partial charge in [0, 0.05) is 44.8 Å². The molecule has 0 bridgehead atoms. The number of carbonyl (C=O) groups is 1. The highest BCUT2D eigenvalue weighted by atomic mass is 35.5. The van der Waals surface area contributed by atoms with E-state index in [0.29, 0.717) is 13.0 Å². The van der Waals surface area contributed by atoms with Crippen LogP contribution in [0.3, 0.4) is 0 Å². The maximum atomic E-state index is 11.5. The lowest BCUT2D eigenvalue weighted by atomic mass is 10.2. The third kappa shape index (κ3) is 9.83. The number of piperazine rings is 1. The Morgan fingerprint density at radius 1 is 1.12 bits per heavy atom. The van der Waals surface area contributed by atoms with Crippen molar-refractivity contribution in [2.45, 2.75) is 26.2 Å². The average molecular weight is 428 g/mol. The van der Waals surface area contributed by atoms with Gasteiger partial charge in [-0.3, -0.25) is 9.69 Å². The molecule has 0 spiro atoms.